The lowest BCUT2D eigenvalue weighted by molar-refractivity contribution is -0.119. The Labute approximate surface area is 118 Å². The maximum absolute atomic E-state index is 13.6. The number of hydrogen-bond donors (Lipinski definition) is 1. The van der Waals surface area contributed by atoms with E-state index in [0.717, 1.165) is 0 Å². The van der Waals surface area contributed by atoms with Crippen LogP contribution in [0.4, 0.5) is 4.39 Å². The Balaban J connectivity index is 2.12. The highest BCUT2D eigenvalue weighted by molar-refractivity contribution is 9.10. The van der Waals surface area contributed by atoms with Crippen LogP contribution in [-0.2, 0) is 18.3 Å². The highest BCUT2D eigenvalue weighted by atomic mass is 79.9. The quantitative estimate of drug-likeness (QED) is 0.936. The third-order valence-electron chi connectivity index (χ3n) is 2.81. The van der Waals surface area contributed by atoms with Crippen LogP contribution in [0.5, 0.6) is 0 Å². The maximum atomic E-state index is 13.6. The Kier molecular flexibility index (Phi) is 4.11. The fourth-order valence-electron chi connectivity index (χ4n) is 1.75. The molecular formula is C13H13BrFN3O. The summed E-state index contributed by atoms with van der Waals surface area (Å²) >= 11 is 3.17. The van der Waals surface area contributed by atoms with Crippen LogP contribution in [0.25, 0.3) is 0 Å². The molecular weight excluding hydrogens is 313 g/mol. The molecule has 2 aromatic rings. The fraction of sp³-hybridized carbons (Fsp3) is 0.231. The summed E-state index contributed by atoms with van der Waals surface area (Å²) in [7, 11) is 1.75. The molecule has 1 aromatic carbocycles. The van der Waals surface area contributed by atoms with Crippen molar-refractivity contribution in [2.24, 2.45) is 12.8 Å². The first-order chi connectivity index (χ1) is 8.97. The van der Waals surface area contributed by atoms with Gasteiger partial charge in [0.15, 0.2) is 5.78 Å². The molecule has 4 nitrogen and oxygen atoms in total. The minimum Gasteiger partial charge on any atom is -0.318 e. The fourth-order valence-corrected chi connectivity index (χ4v) is 2.08. The van der Waals surface area contributed by atoms with Gasteiger partial charge in [-0.05, 0) is 17.7 Å². The zero-order valence-electron chi connectivity index (χ0n) is 10.3. The van der Waals surface area contributed by atoms with Gasteiger partial charge in [-0.3, -0.25) is 9.48 Å². The van der Waals surface area contributed by atoms with Crippen molar-refractivity contribution >= 4 is 21.7 Å². The zero-order chi connectivity index (χ0) is 14.0. The monoisotopic (exact) mass is 325 g/mol. The Bertz CT molecular complexity index is 612. The SMILES string of the molecule is Cn1cc(C(N)C(=O)Cc2ccc(Br)cc2F)cn1. The summed E-state index contributed by atoms with van der Waals surface area (Å²) in [6, 6.07) is 3.82. The van der Waals surface area contributed by atoms with Gasteiger partial charge in [0.1, 0.15) is 5.82 Å². The molecule has 0 spiro atoms. The molecule has 2 rings (SSSR count). The number of ketones is 1. The first-order valence-corrected chi connectivity index (χ1v) is 6.47. The predicted octanol–water partition coefficient (Wildman–Crippen LogP) is 2.13. The van der Waals surface area contributed by atoms with E-state index >= 15 is 0 Å². The molecule has 100 valence electrons. The average molecular weight is 326 g/mol. The van der Waals surface area contributed by atoms with Crippen LogP contribution in [0.1, 0.15) is 17.2 Å². The Morgan fingerprint density at radius 3 is 2.89 bits per heavy atom. The molecule has 0 amide bonds. The third kappa shape index (κ3) is 3.27. The van der Waals surface area contributed by atoms with Crippen LogP contribution in [0.15, 0.2) is 35.1 Å². The molecule has 1 heterocycles. The number of benzene rings is 1. The van der Waals surface area contributed by atoms with Gasteiger partial charge < -0.3 is 5.73 Å². The summed E-state index contributed by atoms with van der Waals surface area (Å²) in [5.74, 6) is -0.657. The van der Waals surface area contributed by atoms with Gasteiger partial charge in [0.05, 0.1) is 12.2 Å². The van der Waals surface area contributed by atoms with Crippen LogP contribution in [0.3, 0.4) is 0 Å². The number of rotatable bonds is 4. The number of carbonyl (C=O) groups excluding carboxylic acids is 1. The summed E-state index contributed by atoms with van der Waals surface area (Å²) in [5, 5.41) is 3.96. The zero-order valence-corrected chi connectivity index (χ0v) is 11.9. The largest absolute Gasteiger partial charge is 0.318 e. The van der Waals surface area contributed by atoms with E-state index in [1.54, 1.807) is 36.3 Å². The number of aryl methyl sites for hydroxylation is 1. The van der Waals surface area contributed by atoms with Crippen molar-refractivity contribution < 1.29 is 9.18 Å². The number of halogens is 2. The summed E-state index contributed by atoms with van der Waals surface area (Å²) in [5.41, 5.74) is 6.82. The minimum absolute atomic E-state index is 0.0326. The molecule has 0 aliphatic carbocycles. The van der Waals surface area contributed by atoms with Crippen molar-refractivity contribution in [1.82, 2.24) is 9.78 Å². The molecule has 0 fully saturated rings. The van der Waals surface area contributed by atoms with Gasteiger partial charge in [-0.1, -0.05) is 22.0 Å². The second kappa shape index (κ2) is 5.63. The lowest BCUT2D eigenvalue weighted by Gasteiger charge is -2.09. The molecule has 1 aromatic heterocycles. The molecule has 2 N–H and O–H groups in total. The van der Waals surface area contributed by atoms with Crippen molar-refractivity contribution in [1.29, 1.82) is 0 Å². The highest BCUT2D eigenvalue weighted by Crippen LogP contribution is 2.18. The highest BCUT2D eigenvalue weighted by Gasteiger charge is 2.19. The third-order valence-corrected chi connectivity index (χ3v) is 3.30. The number of nitrogens with zero attached hydrogens (tertiary/aromatic N) is 2. The number of aromatic nitrogens is 2. The maximum Gasteiger partial charge on any atom is 0.158 e. The second-order valence-electron chi connectivity index (χ2n) is 4.30. The lowest BCUT2D eigenvalue weighted by Crippen LogP contribution is -2.23. The van der Waals surface area contributed by atoms with Crippen LogP contribution in [0.2, 0.25) is 0 Å². The van der Waals surface area contributed by atoms with Crippen LogP contribution in [0, 0.1) is 5.82 Å². The Hall–Kier alpha value is -1.53. The number of carbonyl (C=O) groups is 1. The van der Waals surface area contributed by atoms with E-state index in [1.807, 2.05) is 0 Å². The molecule has 0 aliphatic rings. The molecule has 0 aliphatic heterocycles. The van der Waals surface area contributed by atoms with Crippen LogP contribution >= 0.6 is 15.9 Å². The van der Waals surface area contributed by atoms with E-state index in [0.29, 0.717) is 15.6 Å². The average Bonchev–Trinajstić information content (AvgIpc) is 2.78. The second-order valence-corrected chi connectivity index (χ2v) is 5.22. The van der Waals surface area contributed by atoms with Gasteiger partial charge in [-0.25, -0.2) is 4.39 Å². The lowest BCUT2D eigenvalue weighted by atomic mass is 10.0. The smallest absolute Gasteiger partial charge is 0.158 e. The normalized spacial score (nSPS) is 12.4. The number of hydrogen-bond acceptors (Lipinski definition) is 3. The molecule has 0 saturated heterocycles. The topological polar surface area (TPSA) is 60.9 Å². The predicted molar refractivity (Wildman–Crippen MR) is 72.9 cm³/mol. The molecule has 0 bridgehead atoms. The van der Waals surface area contributed by atoms with Crippen molar-refractivity contribution in [3.8, 4) is 0 Å². The molecule has 19 heavy (non-hydrogen) atoms. The summed E-state index contributed by atoms with van der Waals surface area (Å²) in [4.78, 5) is 12.0. The van der Waals surface area contributed by atoms with E-state index in [-0.39, 0.29) is 12.2 Å². The van der Waals surface area contributed by atoms with Gasteiger partial charge in [0.25, 0.3) is 0 Å². The number of Topliss-reactive ketones (excluding diaryl/α,β-unsaturated/α-hetero) is 1. The van der Waals surface area contributed by atoms with Gasteiger partial charge in [0.2, 0.25) is 0 Å². The van der Waals surface area contributed by atoms with E-state index in [9.17, 15) is 9.18 Å². The molecule has 0 saturated carbocycles. The van der Waals surface area contributed by atoms with Crippen molar-refractivity contribution in [2.45, 2.75) is 12.5 Å². The Morgan fingerprint density at radius 1 is 1.58 bits per heavy atom. The van der Waals surface area contributed by atoms with E-state index < -0.39 is 11.9 Å². The van der Waals surface area contributed by atoms with E-state index in [4.69, 9.17) is 5.73 Å². The van der Waals surface area contributed by atoms with Gasteiger partial charge >= 0.3 is 0 Å². The summed E-state index contributed by atoms with van der Waals surface area (Å²) in [6.45, 7) is 0. The van der Waals surface area contributed by atoms with E-state index in [1.165, 1.54) is 6.07 Å². The summed E-state index contributed by atoms with van der Waals surface area (Å²) in [6.07, 6.45) is 3.19. The van der Waals surface area contributed by atoms with Gasteiger partial charge in [-0.15, -0.1) is 0 Å². The van der Waals surface area contributed by atoms with Gasteiger partial charge in [-0.2, -0.15) is 5.10 Å². The first kappa shape index (κ1) is 13.9. The molecule has 6 heteroatoms. The van der Waals surface area contributed by atoms with Crippen LogP contribution < -0.4 is 5.73 Å². The van der Waals surface area contributed by atoms with Crippen LogP contribution in [-0.4, -0.2) is 15.6 Å². The summed E-state index contributed by atoms with van der Waals surface area (Å²) < 4.78 is 15.9. The molecule has 0 radical (unpaired) electrons. The standard InChI is InChI=1S/C13H13BrFN3O/c1-18-7-9(6-17-18)13(16)12(19)4-8-2-3-10(14)5-11(8)15/h2-3,5-7,13H,4,16H2,1H3. The molecule has 1 unspecified atom stereocenters. The van der Waals surface area contributed by atoms with Crippen molar-refractivity contribution in [3.05, 3.63) is 52.0 Å². The van der Waals surface area contributed by atoms with E-state index in [2.05, 4.69) is 21.0 Å². The molecule has 1 atom stereocenters. The Morgan fingerprint density at radius 2 is 2.32 bits per heavy atom. The first-order valence-electron chi connectivity index (χ1n) is 5.68. The van der Waals surface area contributed by atoms with Crippen molar-refractivity contribution in [3.63, 3.8) is 0 Å². The van der Waals surface area contributed by atoms with Gasteiger partial charge in [0, 0.05) is 29.7 Å². The van der Waals surface area contributed by atoms with Crippen molar-refractivity contribution in [2.75, 3.05) is 0 Å². The number of nitrogens with two attached hydrogens (primary N) is 1. The minimum atomic E-state index is -0.781.